The van der Waals surface area contributed by atoms with Crippen LogP contribution in [0.25, 0.3) is 0 Å². The Balaban J connectivity index is 3.23. The highest BCUT2D eigenvalue weighted by atomic mass is 19.4. The number of carbonyl (C=O) groups excluding carboxylic acids is 1. The van der Waals surface area contributed by atoms with Gasteiger partial charge in [0, 0.05) is 0 Å². The van der Waals surface area contributed by atoms with Crippen molar-refractivity contribution in [2.24, 2.45) is 0 Å². The standard InChI is InChI=1S/C8H7F3N2O2/c1-15-7(14)4-2-5(8(9,10)11)13-6(12)3-4/h2-3H,1H3,(H2,12,13). The molecule has 0 radical (unpaired) electrons. The number of rotatable bonds is 1. The van der Waals surface area contributed by atoms with Crippen LogP contribution in [0.5, 0.6) is 0 Å². The number of pyridine rings is 1. The fraction of sp³-hybridized carbons (Fsp3) is 0.250. The smallest absolute Gasteiger partial charge is 0.433 e. The van der Waals surface area contributed by atoms with Gasteiger partial charge in [-0.1, -0.05) is 0 Å². The van der Waals surface area contributed by atoms with Gasteiger partial charge in [-0.2, -0.15) is 13.2 Å². The van der Waals surface area contributed by atoms with Crippen LogP contribution in [0.15, 0.2) is 12.1 Å². The minimum absolute atomic E-state index is 0.280. The second-order valence-electron chi connectivity index (χ2n) is 2.66. The Bertz CT molecular complexity index is 390. The van der Waals surface area contributed by atoms with Gasteiger partial charge in [0.1, 0.15) is 11.5 Å². The highest BCUT2D eigenvalue weighted by Crippen LogP contribution is 2.29. The van der Waals surface area contributed by atoms with E-state index in [1.54, 1.807) is 0 Å². The number of nitrogen functional groups attached to an aromatic ring is 1. The van der Waals surface area contributed by atoms with E-state index in [0.29, 0.717) is 6.07 Å². The van der Waals surface area contributed by atoms with Crippen LogP contribution in [0.4, 0.5) is 19.0 Å². The van der Waals surface area contributed by atoms with E-state index in [0.717, 1.165) is 13.2 Å². The molecule has 0 unspecified atom stereocenters. The lowest BCUT2D eigenvalue weighted by Gasteiger charge is -2.08. The number of carbonyl (C=O) groups is 1. The van der Waals surface area contributed by atoms with E-state index in [1.807, 2.05) is 0 Å². The fourth-order valence-electron chi connectivity index (χ4n) is 0.933. The topological polar surface area (TPSA) is 65.2 Å². The maximum atomic E-state index is 12.2. The molecule has 0 atom stereocenters. The minimum atomic E-state index is -4.64. The Kier molecular flexibility index (Phi) is 2.83. The third-order valence-electron chi connectivity index (χ3n) is 1.56. The van der Waals surface area contributed by atoms with Crippen molar-refractivity contribution in [2.75, 3.05) is 12.8 Å². The molecule has 4 nitrogen and oxygen atoms in total. The summed E-state index contributed by atoms with van der Waals surface area (Å²) in [6, 6.07) is 1.60. The molecule has 1 aromatic heterocycles. The molecule has 0 saturated carbocycles. The van der Waals surface area contributed by atoms with E-state index in [1.165, 1.54) is 0 Å². The summed E-state index contributed by atoms with van der Waals surface area (Å²) in [4.78, 5) is 14.0. The summed E-state index contributed by atoms with van der Waals surface area (Å²) in [6.45, 7) is 0. The first-order chi connectivity index (χ1) is 6.84. The predicted octanol–water partition coefficient (Wildman–Crippen LogP) is 1.47. The van der Waals surface area contributed by atoms with E-state index >= 15 is 0 Å². The number of aromatic nitrogens is 1. The van der Waals surface area contributed by atoms with E-state index in [2.05, 4.69) is 9.72 Å². The summed E-state index contributed by atoms with van der Waals surface area (Å²) in [5.41, 5.74) is 3.63. The number of anilines is 1. The van der Waals surface area contributed by atoms with Gasteiger partial charge >= 0.3 is 12.1 Å². The van der Waals surface area contributed by atoms with Crippen molar-refractivity contribution in [1.82, 2.24) is 4.98 Å². The summed E-state index contributed by atoms with van der Waals surface area (Å²) in [6.07, 6.45) is -4.64. The summed E-state index contributed by atoms with van der Waals surface area (Å²) < 4.78 is 41.0. The molecule has 7 heteroatoms. The first kappa shape index (κ1) is 11.3. The Morgan fingerprint density at radius 3 is 2.53 bits per heavy atom. The first-order valence-corrected chi connectivity index (χ1v) is 3.77. The van der Waals surface area contributed by atoms with E-state index in [-0.39, 0.29) is 11.4 Å². The summed E-state index contributed by atoms with van der Waals surface area (Å²) in [5.74, 6) is -1.28. The van der Waals surface area contributed by atoms with Crippen LogP contribution < -0.4 is 5.73 Å². The first-order valence-electron chi connectivity index (χ1n) is 3.77. The van der Waals surface area contributed by atoms with Crippen LogP contribution in [-0.2, 0) is 10.9 Å². The number of ether oxygens (including phenoxy) is 1. The molecule has 1 heterocycles. The number of alkyl halides is 3. The van der Waals surface area contributed by atoms with Crippen LogP contribution in [0.1, 0.15) is 16.1 Å². The molecule has 82 valence electrons. The van der Waals surface area contributed by atoms with Crippen molar-refractivity contribution in [3.8, 4) is 0 Å². The summed E-state index contributed by atoms with van der Waals surface area (Å²) in [7, 11) is 1.06. The zero-order chi connectivity index (χ0) is 11.6. The van der Waals surface area contributed by atoms with Gasteiger partial charge in [-0.05, 0) is 12.1 Å². The lowest BCUT2D eigenvalue weighted by Crippen LogP contribution is -2.12. The monoisotopic (exact) mass is 220 g/mol. The number of hydrogen-bond donors (Lipinski definition) is 1. The molecule has 0 aromatic carbocycles. The largest absolute Gasteiger partial charge is 0.465 e. The zero-order valence-electron chi connectivity index (χ0n) is 7.63. The Labute approximate surface area is 82.9 Å². The van der Waals surface area contributed by atoms with Crippen molar-refractivity contribution in [1.29, 1.82) is 0 Å². The lowest BCUT2D eigenvalue weighted by atomic mass is 10.2. The van der Waals surface area contributed by atoms with E-state index < -0.39 is 17.8 Å². The molecule has 0 aliphatic heterocycles. The third kappa shape index (κ3) is 2.58. The van der Waals surface area contributed by atoms with Gasteiger partial charge in [0.25, 0.3) is 0 Å². The molecule has 1 aromatic rings. The molecule has 0 aliphatic rings. The molecule has 0 fully saturated rings. The Morgan fingerprint density at radius 1 is 1.47 bits per heavy atom. The number of methoxy groups -OCH3 is 1. The van der Waals surface area contributed by atoms with Crippen LogP contribution in [-0.4, -0.2) is 18.1 Å². The van der Waals surface area contributed by atoms with Gasteiger partial charge in [0.2, 0.25) is 0 Å². The van der Waals surface area contributed by atoms with Gasteiger partial charge in [-0.3, -0.25) is 0 Å². The van der Waals surface area contributed by atoms with Crippen molar-refractivity contribution in [3.63, 3.8) is 0 Å². The Morgan fingerprint density at radius 2 is 2.07 bits per heavy atom. The van der Waals surface area contributed by atoms with Gasteiger partial charge in [-0.15, -0.1) is 0 Å². The molecule has 0 aliphatic carbocycles. The number of nitrogens with two attached hydrogens (primary N) is 1. The highest BCUT2D eigenvalue weighted by molar-refractivity contribution is 5.90. The molecular formula is C8H7F3N2O2. The van der Waals surface area contributed by atoms with Crippen molar-refractivity contribution in [2.45, 2.75) is 6.18 Å². The van der Waals surface area contributed by atoms with E-state index in [4.69, 9.17) is 5.73 Å². The van der Waals surface area contributed by atoms with Crippen LogP contribution in [0, 0.1) is 0 Å². The molecule has 0 amide bonds. The molecule has 15 heavy (non-hydrogen) atoms. The SMILES string of the molecule is COC(=O)c1cc(N)nc(C(F)(F)F)c1. The average Bonchev–Trinajstić information content (AvgIpc) is 2.14. The van der Waals surface area contributed by atoms with Crippen molar-refractivity contribution < 1.29 is 22.7 Å². The zero-order valence-corrected chi connectivity index (χ0v) is 7.63. The van der Waals surface area contributed by atoms with Gasteiger partial charge in [-0.25, -0.2) is 9.78 Å². The van der Waals surface area contributed by atoms with Gasteiger partial charge in [0.05, 0.1) is 12.7 Å². The third-order valence-corrected chi connectivity index (χ3v) is 1.56. The number of halogens is 3. The molecule has 0 saturated heterocycles. The van der Waals surface area contributed by atoms with E-state index in [9.17, 15) is 18.0 Å². The predicted molar refractivity (Wildman–Crippen MR) is 45.0 cm³/mol. The van der Waals surface area contributed by atoms with Crippen LogP contribution >= 0.6 is 0 Å². The summed E-state index contributed by atoms with van der Waals surface area (Å²) in [5, 5.41) is 0. The maximum absolute atomic E-state index is 12.2. The number of hydrogen-bond acceptors (Lipinski definition) is 4. The molecule has 0 spiro atoms. The highest BCUT2D eigenvalue weighted by Gasteiger charge is 2.33. The molecular weight excluding hydrogens is 213 g/mol. The van der Waals surface area contributed by atoms with Crippen LogP contribution in [0.2, 0.25) is 0 Å². The molecule has 0 bridgehead atoms. The Hall–Kier alpha value is -1.79. The number of esters is 1. The minimum Gasteiger partial charge on any atom is -0.465 e. The number of nitrogens with zero attached hydrogens (tertiary/aromatic N) is 1. The maximum Gasteiger partial charge on any atom is 0.433 e. The average molecular weight is 220 g/mol. The second kappa shape index (κ2) is 3.76. The molecule has 2 N–H and O–H groups in total. The fourth-order valence-corrected chi connectivity index (χ4v) is 0.933. The lowest BCUT2D eigenvalue weighted by molar-refractivity contribution is -0.141. The quantitative estimate of drug-likeness (QED) is 0.728. The van der Waals surface area contributed by atoms with Crippen molar-refractivity contribution in [3.05, 3.63) is 23.4 Å². The van der Waals surface area contributed by atoms with Gasteiger partial charge in [0.15, 0.2) is 0 Å². The normalized spacial score (nSPS) is 11.2. The van der Waals surface area contributed by atoms with Crippen LogP contribution in [0.3, 0.4) is 0 Å². The van der Waals surface area contributed by atoms with Gasteiger partial charge < -0.3 is 10.5 Å². The second-order valence-corrected chi connectivity index (χ2v) is 2.66. The van der Waals surface area contributed by atoms with Crippen molar-refractivity contribution >= 4 is 11.8 Å². The molecule has 1 rings (SSSR count). The summed E-state index contributed by atoms with van der Waals surface area (Å²) >= 11 is 0.